The van der Waals surface area contributed by atoms with Gasteiger partial charge in [0.15, 0.2) is 6.61 Å². The molecule has 1 N–H and O–H groups in total. The topological polar surface area (TPSA) is 49.8 Å². The first-order valence-electron chi connectivity index (χ1n) is 6.80. The fraction of sp³-hybridized carbons (Fsp3) is 0.533. The zero-order valence-corrected chi connectivity index (χ0v) is 11.3. The van der Waals surface area contributed by atoms with Crippen LogP contribution in [0.15, 0.2) is 24.3 Å². The van der Waals surface area contributed by atoms with E-state index in [-0.39, 0.29) is 6.61 Å². The summed E-state index contributed by atoms with van der Waals surface area (Å²) < 4.78 is 5.34. The van der Waals surface area contributed by atoms with Crippen molar-refractivity contribution in [3.05, 3.63) is 29.8 Å². The number of ether oxygens (including phenoxy) is 1. The average molecular weight is 263 g/mol. The van der Waals surface area contributed by atoms with Gasteiger partial charge < -0.3 is 9.84 Å². The van der Waals surface area contributed by atoms with Crippen LogP contribution >= 0.6 is 0 Å². The normalized spacial score (nSPS) is 20.2. The lowest BCUT2D eigenvalue weighted by molar-refractivity contribution is -0.139. The number of hydrogen-bond acceptors (Lipinski definition) is 3. The molecule has 0 aromatic heterocycles. The maximum Gasteiger partial charge on any atom is 0.341 e. The molecule has 0 bridgehead atoms. The van der Waals surface area contributed by atoms with Gasteiger partial charge >= 0.3 is 5.97 Å². The van der Waals surface area contributed by atoms with E-state index in [4.69, 9.17) is 9.84 Å². The minimum absolute atomic E-state index is 0.284. The van der Waals surface area contributed by atoms with Crippen LogP contribution in [-0.2, 0) is 11.3 Å². The highest BCUT2D eigenvalue weighted by Crippen LogP contribution is 2.23. The summed E-state index contributed by atoms with van der Waals surface area (Å²) in [6.45, 7) is 5.04. The van der Waals surface area contributed by atoms with E-state index in [2.05, 4.69) is 11.8 Å². The second kappa shape index (κ2) is 6.57. The van der Waals surface area contributed by atoms with Crippen LogP contribution in [0.25, 0.3) is 0 Å². The lowest BCUT2D eigenvalue weighted by atomic mass is 10.00. The number of carbonyl (C=O) groups is 1. The van der Waals surface area contributed by atoms with Gasteiger partial charge in [0.25, 0.3) is 0 Å². The molecule has 0 saturated carbocycles. The van der Waals surface area contributed by atoms with Crippen molar-refractivity contribution in [2.75, 3.05) is 19.7 Å². The van der Waals surface area contributed by atoms with E-state index in [1.54, 1.807) is 0 Å². The number of likely N-dealkylation sites (tertiary alicyclic amines) is 1. The van der Waals surface area contributed by atoms with Crippen LogP contribution in [0.1, 0.15) is 25.3 Å². The Balaban J connectivity index is 2.00. The minimum Gasteiger partial charge on any atom is -0.482 e. The van der Waals surface area contributed by atoms with Gasteiger partial charge in [-0.25, -0.2) is 4.79 Å². The van der Waals surface area contributed by atoms with Gasteiger partial charge in [-0.05, 0) is 31.4 Å². The highest BCUT2D eigenvalue weighted by Gasteiger charge is 2.17. The van der Waals surface area contributed by atoms with Crippen LogP contribution in [0.5, 0.6) is 5.75 Å². The molecule has 1 aromatic rings. The number of carboxylic acids is 1. The van der Waals surface area contributed by atoms with E-state index in [0.29, 0.717) is 5.75 Å². The summed E-state index contributed by atoms with van der Waals surface area (Å²) in [5.41, 5.74) is 1.07. The number of benzene rings is 1. The van der Waals surface area contributed by atoms with Crippen molar-refractivity contribution >= 4 is 5.97 Å². The Morgan fingerprint density at radius 3 is 3.00 bits per heavy atom. The second-order valence-electron chi connectivity index (χ2n) is 5.27. The SMILES string of the molecule is CC1CCCN(Cc2ccccc2OCC(=O)O)C1. The van der Waals surface area contributed by atoms with Crippen molar-refractivity contribution in [2.45, 2.75) is 26.3 Å². The van der Waals surface area contributed by atoms with Crippen molar-refractivity contribution in [3.8, 4) is 5.75 Å². The van der Waals surface area contributed by atoms with E-state index in [1.807, 2.05) is 24.3 Å². The molecule has 1 atom stereocenters. The fourth-order valence-corrected chi connectivity index (χ4v) is 2.59. The third-order valence-electron chi connectivity index (χ3n) is 3.46. The molecule has 0 aliphatic carbocycles. The summed E-state index contributed by atoms with van der Waals surface area (Å²) in [4.78, 5) is 13.0. The van der Waals surface area contributed by atoms with E-state index < -0.39 is 5.97 Å². The van der Waals surface area contributed by atoms with Gasteiger partial charge in [0, 0.05) is 18.7 Å². The van der Waals surface area contributed by atoms with Crippen molar-refractivity contribution < 1.29 is 14.6 Å². The first kappa shape index (κ1) is 13.9. The molecule has 0 amide bonds. The molecule has 1 aliphatic rings. The lowest BCUT2D eigenvalue weighted by Gasteiger charge is -2.31. The van der Waals surface area contributed by atoms with Crippen LogP contribution in [0.3, 0.4) is 0 Å². The number of hydrogen-bond donors (Lipinski definition) is 1. The molecule has 0 spiro atoms. The first-order chi connectivity index (χ1) is 9.15. The fourth-order valence-electron chi connectivity index (χ4n) is 2.59. The molecule has 2 rings (SSSR count). The molecule has 1 heterocycles. The molecule has 4 nitrogen and oxygen atoms in total. The molecule has 4 heteroatoms. The predicted molar refractivity (Wildman–Crippen MR) is 73.2 cm³/mol. The molecule has 1 fully saturated rings. The molecule has 1 saturated heterocycles. The summed E-state index contributed by atoms with van der Waals surface area (Å²) >= 11 is 0. The number of nitrogens with zero attached hydrogens (tertiary/aromatic N) is 1. The van der Waals surface area contributed by atoms with Gasteiger partial charge in [-0.15, -0.1) is 0 Å². The Bertz CT molecular complexity index is 433. The predicted octanol–water partition coefficient (Wildman–Crippen LogP) is 2.38. The highest BCUT2D eigenvalue weighted by atomic mass is 16.5. The standard InChI is InChI=1S/C15H21NO3/c1-12-5-4-8-16(9-12)10-13-6-2-3-7-14(13)19-11-15(17)18/h2-3,6-7,12H,4-5,8-11H2,1H3,(H,17,18). The third kappa shape index (κ3) is 4.24. The van der Waals surface area contributed by atoms with Crippen LogP contribution in [-0.4, -0.2) is 35.7 Å². The molecule has 104 valence electrons. The molecular weight excluding hydrogens is 242 g/mol. The lowest BCUT2D eigenvalue weighted by Crippen LogP contribution is -2.33. The molecular formula is C15H21NO3. The van der Waals surface area contributed by atoms with E-state index >= 15 is 0 Å². The molecule has 0 radical (unpaired) electrons. The summed E-state index contributed by atoms with van der Waals surface area (Å²) in [6.07, 6.45) is 2.53. The molecule has 1 aromatic carbocycles. The maximum atomic E-state index is 10.6. The van der Waals surface area contributed by atoms with Gasteiger partial charge in [-0.2, -0.15) is 0 Å². The van der Waals surface area contributed by atoms with Crippen molar-refractivity contribution in [1.29, 1.82) is 0 Å². The quantitative estimate of drug-likeness (QED) is 0.886. The van der Waals surface area contributed by atoms with Crippen LogP contribution in [0, 0.1) is 5.92 Å². The Kier molecular flexibility index (Phi) is 4.80. The Morgan fingerprint density at radius 1 is 1.47 bits per heavy atom. The van der Waals surface area contributed by atoms with Crippen LogP contribution in [0.2, 0.25) is 0 Å². The highest BCUT2D eigenvalue weighted by molar-refractivity contribution is 5.68. The van der Waals surface area contributed by atoms with Gasteiger partial charge in [0.2, 0.25) is 0 Å². The Hall–Kier alpha value is -1.55. The summed E-state index contributed by atoms with van der Waals surface area (Å²) in [6, 6.07) is 7.69. The number of piperidine rings is 1. The zero-order chi connectivity index (χ0) is 13.7. The van der Waals surface area contributed by atoms with Gasteiger partial charge in [-0.3, -0.25) is 4.90 Å². The van der Waals surface area contributed by atoms with Crippen molar-refractivity contribution in [1.82, 2.24) is 4.90 Å². The van der Waals surface area contributed by atoms with E-state index in [1.165, 1.54) is 12.8 Å². The van der Waals surface area contributed by atoms with E-state index in [9.17, 15) is 4.79 Å². The Labute approximate surface area is 114 Å². The number of aliphatic carboxylic acids is 1. The minimum atomic E-state index is -0.943. The van der Waals surface area contributed by atoms with Crippen LogP contribution in [0.4, 0.5) is 0 Å². The Morgan fingerprint density at radius 2 is 2.26 bits per heavy atom. The number of para-hydroxylation sites is 1. The van der Waals surface area contributed by atoms with Crippen molar-refractivity contribution in [3.63, 3.8) is 0 Å². The summed E-state index contributed by atoms with van der Waals surface area (Å²) in [7, 11) is 0. The van der Waals surface area contributed by atoms with Gasteiger partial charge in [-0.1, -0.05) is 25.1 Å². The van der Waals surface area contributed by atoms with Gasteiger partial charge in [0.05, 0.1) is 0 Å². The van der Waals surface area contributed by atoms with Crippen LogP contribution < -0.4 is 4.74 Å². The molecule has 1 aliphatic heterocycles. The van der Waals surface area contributed by atoms with E-state index in [0.717, 1.165) is 31.1 Å². The smallest absolute Gasteiger partial charge is 0.341 e. The average Bonchev–Trinajstić information content (AvgIpc) is 2.38. The monoisotopic (exact) mass is 263 g/mol. The third-order valence-corrected chi connectivity index (χ3v) is 3.46. The maximum absolute atomic E-state index is 10.6. The second-order valence-corrected chi connectivity index (χ2v) is 5.27. The van der Waals surface area contributed by atoms with Crippen molar-refractivity contribution in [2.24, 2.45) is 5.92 Å². The number of rotatable bonds is 5. The summed E-state index contributed by atoms with van der Waals surface area (Å²) in [5.74, 6) is 0.477. The largest absolute Gasteiger partial charge is 0.482 e. The molecule has 19 heavy (non-hydrogen) atoms. The zero-order valence-electron chi connectivity index (χ0n) is 11.3. The molecule has 1 unspecified atom stereocenters. The van der Waals surface area contributed by atoms with Gasteiger partial charge in [0.1, 0.15) is 5.75 Å². The first-order valence-corrected chi connectivity index (χ1v) is 6.80. The number of carboxylic acid groups (broad SMARTS) is 1. The summed E-state index contributed by atoms with van der Waals surface area (Å²) in [5, 5.41) is 8.69.